The van der Waals surface area contributed by atoms with Crippen LogP contribution in [0.3, 0.4) is 0 Å². The van der Waals surface area contributed by atoms with Crippen LogP contribution in [0.1, 0.15) is 54.3 Å². The molecule has 4 rings (SSSR count). The molecule has 0 spiro atoms. The van der Waals surface area contributed by atoms with Crippen molar-refractivity contribution in [1.29, 1.82) is 0 Å². The number of amides is 2. The summed E-state index contributed by atoms with van der Waals surface area (Å²) in [6.07, 6.45) is 3.46. The second-order valence-corrected chi connectivity index (χ2v) is 8.36. The highest BCUT2D eigenvalue weighted by Gasteiger charge is 2.29. The van der Waals surface area contributed by atoms with Gasteiger partial charge in [-0.15, -0.1) is 0 Å². The molecular formula is C23H28N6O2. The van der Waals surface area contributed by atoms with Gasteiger partial charge in [0.05, 0.1) is 23.5 Å². The number of aryl methyl sites for hydroxylation is 1. The van der Waals surface area contributed by atoms with Crippen LogP contribution in [-0.2, 0) is 11.3 Å². The Hall–Kier alpha value is -3.26. The van der Waals surface area contributed by atoms with Crippen molar-refractivity contribution in [3.63, 3.8) is 0 Å². The van der Waals surface area contributed by atoms with Crippen molar-refractivity contribution in [3.8, 4) is 0 Å². The van der Waals surface area contributed by atoms with Gasteiger partial charge in [-0.1, -0.05) is 18.2 Å². The second-order valence-electron chi connectivity index (χ2n) is 8.36. The van der Waals surface area contributed by atoms with Crippen LogP contribution in [0.15, 0.2) is 36.5 Å². The zero-order valence-electron chi connectivity index (χ0n) is 18.1. The van der Waals surface area contributed by atoms with E-state index in [0.717, 1.165) is 41.7 Å². The Balaban J connectivity index is 1.58. The first kappa shape index (κ1) is 21.0. The largest absolute Gasteiger partial charge is 0.368 e. The Morgan fingerprint density at radius 2 is 2.06 bits per heavy atom. The number of benzene rings is 1. The highest BCUT2D eigenvalue weighted by molar-refractivity contribution is 6.07. The summed E-state index contributed by atoms with van der Waals surface area (Å²) < 4.78 is 1.85. The summed E-state index contributed by atoms with van der Waals surface area (Å²) in [4.78, 5) is 31.6. The third-order valence-corrected chi connectivity index (χ3v) is 5.82. The van der Waals surface area contributed by atoms with E-state index in [-0.39, 0.29) is 23.9 Å². The number of nitrogens with one attached hydrogen (secondary N) is 1. The van der Waals surface area contributed by atoms with Gasteiger partial charge in [-0.2, -0.15) is 5.10 Å². The SMILES string of the molecule is Cc1nc2c(cnn2C(C)C)cc1C(=O)Nc1ccccc1CN1CCCC1C(N)=O. The fourth-order valence-corrected chi connectivity index (χ4v) is 4.20. The molecule has 0 aliphatic carbocycles. The van der Waals surface area contributed by atoms with Crippen LogP contribution in [-0.4, -0.2) is 44.1 Å². The number of aromatic nitrogens is 3. The maximum Gasteiger partial charge on any atom is 0.257 e. The molecule has 1 aliphatic rings. The minimum Gasteiger partial charge on any atom is -0.368 e. The van der Waals surface area contributed by atoms with Gasteiger partial charge >= 0.3 is 0 Å². The Bertz CT molecular complexity index is 1140. The number of rotatable bonds is 6. The van der Waals surface area contributed by atoms with Gasteiger partial charge in [-0.05, 0) is 57.9 Å². The molecule has 162 valence electrons. The number of carbonyl (C=O) groups excluding carboxylic acids is 2. The van der Waals surface area contributed by atoms with Gasteiger partial charge in [-0.25, -0.2) is 9.67 Å². The molecule has 8 heteroatoms. The molecule has 2 aromatic heterocycles. The van der Waals surface area contributed by atoms with Gasteiger partial charge in [-0.3, -0.25) is 14.5 Å². The normalized spacial score (nSPS) is 16.8. The number of hydrogen-bond acceptors (Lipinski definition) is 5. The van der Waals surface area contributed by atoms with E-state index < -0.39 is 0 Å². The predicted octanol–water partition coefficient (Wildman–Crippen LogP) is 3.02. The molecule has 1 aromatic carbocycles. The first-order chi connectivity index (χ1) is 14.8. The van der Waals surface area contributed by atoms with E-state index in [0.29, 0.717) is 17.8 Å². The summed E-state index contributed by atoms with van der Waals surface area (Å²) in [5, 5.41) is 8.26. The van der Waals surface area contributed by atoms with E-state index in [9.17, 15) is 9.59 Å². The highest BCUT2D eigenvalue weighted by atomic mass is 16.2. The van der Waals surface area contributed by atoms with Crippen molar-refractivity contribution in [2.75, 3.05) is 11.9 Å². The number of carbonyl (C=O) groups is 2. The maximum atomic E-state index is 13.1. The van der Waals surface area contributed by atoms with E-state index in [1.165, 1.54) is 0 Å². The van der Waals surface area contributed by atoms with Gasteiger partial charge in [0.25, 0.3) is 5.91 Å². The van der Waals surface area contributed by atoms with E-state index in [1.807, 2.05) is 55.8 Å². The third kappa shape index (κ3) is 4.16. The summed E-state index contributed by atoms with van der Waals surface area (Å²) in [6, 6.07) is 9.43. The predicted molar refractivity (Wildman–Crippen MR) is 120 cm³/mol. The molecule has 3 N–H and O–H groups in total. The lowest BCUT2D eigenvalue weighted by molar-refractivity contribution is -0.122. The lowest BCUT2D eigenvalue weighted by Crippen LogP contribution is -2.39. The third-order valence-electron chi connectivity index (χ3n) is 5.82. The molecule has 8 nitrogen and oxygen atoms in total. The lowest BCUT2D eigenvalue weighted by atomic mass is 10.1. The van der Waals surface area contributed by atoms with Gasteiger partial charge in [0.2, 0.25) is 5.91 Å². The van der Waals surface area contributed by atoms with E-state index in [1.54, 1.807) is 6.20 Å². The van der Waals surface area contributed by atoms with Crippen molar-refractivity contribution in [3.05, 3.63) is 53.3 Å². The summed E-state index contributed by atoms with van der Waals surface area (Å²) in [5.74, 6) is -0.513. The Morgan fingerprint density at radius 3 is 2.81 bits per heavy atom. The summed E-state index contributed by atoms with van der Waals surface area (Å²) in [6.45, 7) is 7.30. The fourth-order valence-electron chi connectivity index (χ4n) is 4.20. The molecule has 2 amide bonds. The number of hydrogen-bond donors (Lipinski definition) is 2. The fraction of sp³-hybridized carbons (Fsp3) is 0.391. The van der Waals surface area contributed by atoms with Crippen molar-refractivity contribution in [2.24, 2.45) is 5.73 Å². The molecule has 1 saturated heterocycles. The zero-order valence-corrected chi connectivity index (χ0v) is 18.1. The van der Waals surface area contributed by atoms with Crippen molar-refractivity contribution in [2.45, 2.75) is 52.2 Å². The Morgan fingerprint density at radius 1 is 1.29 bits per heavy atom. The second kappa shape index (κ2) is 8.47. The summed E-state index contributed by atoms with van der Waals surface area (Å²) in [7, 11) is 0. The van der Waals surface area contributed by atoms with E-state index in [2.05, 4.69) is 20.3 Å². The summed E-state index contributed by atoms with van der Waals surface area (Å²) in [5.41, 5.74) is 9.17. The van der Waals surface area contributed by atoms with Crippen LogP contribution >= 0.6 is 0 Å². The maximum absolute atomic E-state index is 13.1. The molecule has 1 fully saturated rings. The number of para-hydroxylation sites is 1. The monoisotopic (exact) mass is 420 g/mol. The average molecular weight is 421 g/mol. The average Bonchev–Trinajstić information content (AvgIpc) is 3.35. The van der Waals surface area contributed by atoms with E-state index >= 15 is 0 Å². The summed E-state index contributed by atoms with van der Waals surface area (Å²) >= 11 is 0. The lowest BCUT2D eigenvalue weighted by Gasteiger charge is -2.23. The van der Waals surface area contributed by atoms with Gasteiger partial charge < -0.3 is 11.1 Å². The molecule has 1 atom stereocenters. The van der Waals surface area contributed by atoms with Crippen LogP contribution in [0.25, 0.3) is 11.0 Å². The minimum absolute atomic E-state index is 0.186. The number of likely N-dealkylation sites (tertiary alicyclic amines) is 1. The quantitative estimate of drug-likeness (QED) is 0.638. The zero-order chi connectivity index (χ0) is 22.1. The number of nitrogens with zero attached hydrogens (tertiary/aromatic N) is 4. The Kier molecular flexibility index (Phi) is 5.73. The smallest absolute Gasteiger partial charge is 0.257 e. The first-order valence-corrected chi connectivity index (χ1v) is 10.6. The Labute approximate surface area is 181 Å². The number of anilines is 1. The minimum atomic E-state index is -0.295. The molecule has 0 radical (unpaired) electrons. The molecular weight excluding hydrogens is 392 g/mol. The number of nitrogens with two attached hydrogens (primary N) is 1. The van der Waals surface area contributed by atoms with Crippen molar-refractivity contribution >= 4 is 28.5 Å². The van der Waals surface area contributed by atoms with Crippen LogP contribution in [0, 0.1) is 6.92 Å². The standard InChI is InChI=1S/C23H28N6O2/c1-14(2)29-22-17(12-25-29)11-18(15(3)26-22)23(31)27-19-8-5-4-7-16(19)13-28-10-6-9-20(28)21(24)30/h4-5,7-8,11-12,14,20H,6,9-10,13H2,1-3H3,(H2,24,30)(H,27,31). The topological polar surface area (TPSA) is 106 Å². The number of pyridine rings is 1. The molecule has 1 aliphatic heterocycles. The highest BCUT2D eigenvalue weighted by Crippen LogP contribution is 2.25. The first-order valence-electron chi connectivity index (χ1n) is 10.6. The van der Waals surface area contributed by atoms with Gasteiger partial charge in [0.15, 0.2) is 5.65 Å². The molecule has 0 bridgehead atoms. The molecule has 0 saturated carbocycles. The molecule has 31 heavy (non-hydrogen) atoms. The van der Waals surface area contributed by atoms with Crippen LogP contribution in [0.4, 0.5) is 5.69 Å². The molecule has 3 heterocycles. The van der Waals surface area contributed by atoms with E-state index in [4.69, 9.17) is 5.73 Å². The molecule has 3 aromatic rings. The van der Waals surface area contributed by atoms with Crippen LogP contribution < -0.4 is 11.1 Å². The van der Waals surface area contributed by atoms with Gasteiger partial charge in [0.1, 0.15) is 0 Å². The van der Waals surface area contributed by atoms with Crippen LogP contribution in [0.5, 0.6) is 0 Å². The van der Waals surface area contributed by atoms with Crippen LogP contribution in [0.2, 0.25) is 0 Å². The van der Waals surface area contributed by atoms with Crippen molar-refractivity contribution in [1.82, 2.24) is 19.7 Å². The van der Waals surface area contributed by atoms with Crippen molar-refractivity contribution < 1.29 is 9.59 Å². The van der Waals surface area contributed by atoms with Gasteiger partial charge in [0, 0.05) is 23.7 Å². The number of primary amides is 1. The molecule has 1 unspecified atom stereocenters. The number of fused-ring (bicyclic) bond motifs is 1.